The SMILES string of the molecule is CN=C1SCC(OC(=O)c2ccccc2O)(c2ccc(Cl)c(S(N)(=O)=O)c2)N1C. The van der Waals surface area contributed by atoms with Crippen LogP contribution in [0, 0.1) is 0 Å². The highest BCUT2D eigenvalue weighted by molar-refractivity contribution is 8.14. The van der Waals surface area contributed by atoms with Gasteiger partial charge in [0, 0.05) is 19.7 Å². The molecule has 8 nitrogen and oxygen atoms in total. The van der Waals surface area contributed by atoms with E-state index in [2.05, 4.69) is 4.99 Å². The van der Waals surface area contributed by atoms with Gasteiger partial charge in [-0.25, -0.2) is 18.4 Å². The van der Waals surface area contributed by atoms with Gasteiger partial charge in [0.2, 0.25) is 15.7 Å². The van der Waals surface area contributed by atoms with Gasteiger partial charge in [0.05, 0.1) is 10.8 Å². The van der Waals surface area contributed by atoms with E-state index in [4.69, 9.17) is 21.5 Å². The molecule has 0 radical (unpaired) electrons. The van der Waals surface area contributed by atoms with Crippen LogP contribution < -0.4 is 5.14 Å². The van der Waals surface area contributed by atoms with E-state index in [0.29, 0.717) is 10.7 Å². The zero-order valence-electron chi connectivity index (χ0n) is 15.5. The fourth-order valence-corrected chi connectivity index (χ4v) is 5.26. The van der Waals surface area contributed by atoms with Crippen LogP contribution in [0.15, 0.2) is 52.4 Å². The average Bonchev–Trinajstić information content (AvgIpc) is 2.98. The number of hydrogen-bond acceptors (Lipinski definition) is 7. The molecule has 1 heterocycles. The fraction of sp³-hybridized carbons (Fsp3) is 0.222. The summed E-state index contributed by atoms with van der Waals surface area (Å²) in [5.41, 5.74) is -1.06. The van der Waals surface area contributed by atoms with Crippen molar-refractivity contribution in [2.45, 2.75) is 10.6 Å². The number of aromatic hydroxyl groups is 1. The number of phenolic OH excluding ortho intramolecular Hbond substituents is 1. The number of primary sulfonamides is 1. The quantitative estimate of drug-likeness (QED) is 0.678. The van der Waals surface area contributed by atoms with Gasteiger partial charge in [0.25, 0.3) is 0 Å². The first-order valence-electron chi connectivity index (χ1n) is 8.28. The van der Waals surface area contributed by atoms with Gasteiger partial charge in [-0.1, -0.05) is 41.6 Å². The molecule has 0 aliphatic carbocycles. The highest BCUT2D eigenvalue weighted by atomic mass is 35.5. The Bertz CT molecular complexity index is 1110. The number of thioether (sulfide) groups is 1. The number of nitrogens with two attached hydrogens (primary N) is 1. The summed E-state index contributed by atoms with van der Waals surface area (Å²) in [5.74, 6) is -0.770. The number of halogens is 1. The molecule has 0 saturated carbocycles. The molecule has 1 saturated heterocycles. The van der Waals surface area contributed by atoms with Crippen LogP contribution in [0.3, 0.4) is 0 Å². The van der Waals surface area contributed by atoms with Gasteiger partial charge in [0.1, 0.15) is 16.2 Å². The number of rotatable bonds is 4. The Labute approximate surface area is 177 Å². The van der Waals surface area contributed by atoms with Crippen molar-refractivity contribution in [1.29, 1.82) is 0 Å². The molecule has 0 bridgehead atoms. The molecule has 0 spiro atoms. The summed E-state index contributed by atoms with van der Waals surface area (Å²) < 4.78 is 29.7. The predicted octanol–water partition coefficient (Wildman–Crippen LogP) is 2.37. The number of carbonyl (C=O) groups is 1. The Balaban J connectivity index is 2.14. The van der Waals surface area contributed by atoms with Crippen LogP contribution in [0.1, 0.15) is 15.9 Å². The van der Waals surface area contributed by atoms with Crippen molar-refractivity contribution in [3.8, 4) is 5.75 Å². The highest BCUT2D eigenvalue weighted by Gasteiger charge is 2.48. The Morgan fingerprint density at radius 2 is 2.03 bits per heavy atom. The lowest BCUT2D eigenvalue weighted by atomic mass is 10.0. The third-order valence-corrected chi connectivity index (χ3v) is 7.13. The number of nitrogens with zero attached hydrogens (tertiary/aromatic N) is 2. The third kappa shape index (κ3) is 3.93. The molecule has 1 unspecified atom stereocenters. The smallest absolute Gasteiger partial charge is 0.344 e. The van der Waals surface area contributed by atoms with Gasteiger partial charge < -0.3 is 14.7 Å². The molecule has 29 heavy (non-hydrogen) atoms. The van der Waals surface area contributed by atoms with Crippen LogP contribution in [-0.2, 0) is 20.5 Å². The number of amidine groups is 1. The number of phenols is 1. The first kappa shape index (κ1) is 21.4. The number of hydrogen-bond donors (Lipinski definition) is 2. The van der Waals surface area contributed by atoms with E-state index in [0.717, 1.165) is 0 Å². The minimum absolute atomic E-state index is 0.0206. The maximum Gasteiger partial charge on any atom is 0.344 e. The summed E-state index contributed by atoms with van der Waals surface area (Å²) >= 11 is 7.34. The van der Waals surface area contributed by atoms with Crippen LogP contribution in [0.4, 0.5) is 0 Å². The van der Waals surface area contributed by atoms with Crippen molar-refractivity contribution in [3.05, 3.63) is 58.6 Å². The van der Waals surface area contributed by atoms with Gasteiger partial charge in [-0.3, -0.25) is 4.99 Å². The maximum absolute atomic E-state index is 12.9. The van der Waals surface area contributed by atoms with E-state index in [1.165, 1.54) is 36.0 Å². The largest absolute Gasteiger partial charge is 0.507 e. The number of carbonyl (C=O) groups excluding carboxylic acids is 1. The lowest BCUT2D eigenvalue weighted by Gasteiger charge is -2.36. The number of benzene rings is 2. The third-order valence-electron chi connectivity index (χ3n) is 4.49. The standard InChI is InChI=1S/C18H18ClN3O5S2/c1-21-17-22(2)18(10-28-17,27-16(24)12-5-3-4-6-14(12)23)11-7-8-13(19)15(9-11)29(20,25)26/h3-9,23H,10H2,1-2H3,(H2,20,25,26). The molecule has 154 valence electrons. The van der Waals surface area contributed by atoms with Crippen LogP contribution in [-0.4, -0.2) is 49.4 Å². The van der Waals surface area contributed by atoms with E-state index in [9.17, 15) is 18.3 Å². The van der Waals surface area contributed by atoms with E-state index in [1.54, 1.807) is 37.2 Å². The Kier molecular flexibility index (Phi) is 5.81. The molecule has 0 amide bonds. The number of ether oxygens (including phenoxy) is 1. The zero-order valence-corrected chi connectivity index (χ0v) is 17.9. The molecular weight excluding hydrogens is 438 g/mol. The van der Waals surface area contributed by atoms with Crippen LogP contribution in [0.2, 0.25) is 5.02 Å². The van der Waals surface area contributed by atoms with E-state index in [-0.39, 0.29) is 27.0 Å². The highest BCUT2D eigenvalue weighted by Crippen LogP contribution is 2.43. The van der Waals surface area contributed by atoms with Crippen LogP contribution in [0.25, 0.3) is 0 Å². The van der Waals surface area contributed by atoms with Gasteiger partial charge in [-0.2, -0.15) is 0 Å². The molecule has 2 aromatic carbocycles. The van der Waals surface area contributed by atoms with Gasteiger partial charge >= 0.3 is 5.97 Å². The monoisotopic (exact) mass is 455 g/mol. The minimum atomic E-state index is -4.10. The minimum Gasteiger partial charge on any atom is -0.507 e. The zero-order chi connectivity index (χ0) is 21.4. The van der Waals surface area contributed by atoms with Crippen LogP contribution in [0.5, 0.6) is 5.75 Å². The van der Waals surface area contributed by atoms with Crippen molar-refractivity contribution in [1.82, 2.24) is 4.90 Å². The Morgan fingerprint density at radius 3 is 2.62 bits per heavy atom. The normalized spacial score (nSPS) is 20.8. The van der Waals surface area contributed by atoms with E-state index >= 15 is 0 Å². The maximum atomic E-state index is 12.9. The van der Waals surface area contributed by atoms with Crippen molar-refractivity contribution in [3.63, 3.8) is 0 Å². The van der Waals surface area contributed by atoms with Crippen LogP contribution >= 0.6 is 23.4 Å². The van der Waals surface area contributed by atoms with E-state index in [1.807, 2.05) is 0 Å². The van der Waals surface area contributed by atoms with Gasteiger partial charge in [0.15, 0.2) is 5.17 Å². The van der Waals surface area contributed by atoms with E-state index < -0.39 is 21.7 Å². The topological polar surface area (TPSA) is 122 Å². The average molecular weight is 456 g/mol. The fourth-order valence-electron chi connectivity index (χ4n) is 2.98. The summed E-state index contributed by atoms with van der Waals surface area (Å²) in [6, 6.07) is 10.2. The molecule has 2 aromatic rings. The summed E-state index contributed by atoms with van der Waals surface area (Å²) in [7, 11) is -0.837. The second-order valence-electron chi connectivity index (χ2n) is 6.24. The molecule has 1 aliphatic rings. The van der Waals surface area contributed by atoms with Crippen molar-refractivity contribution in [2.24, 2.45) is 10.1 Å². The second-order valence-corrected chi connectivity index (χ2v) is 9.11. The summed E-state index contributed by atoms with van der Waals surface area (Å²) in [5, 5.41) is 15.8. The molecule has 11 heteroatoms. The molecule has 1 atom stereocenters. The predicted molar refractivity (Wildman–Crippen MR) is 112 cm³/mol. The first-order chi connectivity index (χ1) is 13.6. The molecule has 3 rings (SSSR count). The Morgan fingerprint density at radius 1 is 1.34 bits per heavy atom. The number of esters is 1. The number of para-hydroxylation sites is 1. The van der Waals surface area contributed by atoms with Crippen molar-refractivity contribution in [2.75, 3.05) is 19.8 Å². The van der Waals surface area contributed by atoms with Gasteiger partial charge in [-0.05, 0) is 24.3 Å². The second kappa shape index (κ2) is 7.86. The molecule has 3 N–H and O–H groups in total. The Hall–Kier alpha value is -2.27. The van der Waals surface area contributed by atoms with Crippen molar-refractivity contribution >= 4 is 44.5 Å². The summed E-state index contributed by atoms with van der Waals surface area (Å²) in [6.07, 6.45) is 0. The number of sulfonamides is 1. The molecule has 1 fully saturated rings. The van der Waals surface area contributed by atoms with Gasteiger partial charge in [-0.15, -0.1) is 0 Å². The molecular formula is C18H18ClN3O5S2. The lowest BCUT2D eigenvalue weighted by molar-refractivity contribution is -0.0647. The van der Waals surface area contributed by atoms with Crippen molar-refractivity contribution < 1.29 is 23.1 Å². The summed E-state index contributed by atoms with van der Waals surface area (Å²) in [6.45, 7) is 0. The molecule has 0 aromatic heterocycles. The summed E-state index contributed by atoms with van der Waals surface area (Å²) in [4.78, 5) is 18.4. The molecule has 1 aliphatic heterocycles. The lowest BCUT2D eigenvalue weighted by Crippen LogP contribution is -2.46. The first-order valence-corrected chi connectivity index (χ1v) is 11.2. The number of aliphatic imine (C=N–C) groups is 1.